The lowest BCUT2D eigenvalue weighted by Crippen LogP contribution is -2.14. The molecule has 5 rings (SSSR count). The molecule has 8 nitrogen and oxygen atoms in total. The molecule has 0 aliphatic carbocycles. The molecule has 0 spiro atoms. The van der Waals surface area contributed by atoms with Gasteiger partial charge in [0.1, 0.15) is 12.7 Å². The molecule has 0 aliphatic heterocycles. The molecule has 170 valence electrons. The van der Waals surface area contributed by atoms with Crippen LogP contribution >= 0.6 is 0 Å². The number of hydrogen-bond donors (Lipinski definition) is 1. The first-order valence-corrected chi connectivity index (χ1v) is 11.2. The number of carbonyl (C=O) groups is 1. The van der Waals surface area contributed by atoms with Gasteiger partial charge in [-0.05, 0) is 50.1 Å². The van der Waals surface area contributed by atoms with E-state index in [0.717, 1.165) is 27.8 Å². The van der Waals surface area contributed by atoms with E-state index < -0.39 is 0 Å². The third-order valence-electron chi connectivity index (χ3n) is 5.72. The molecule has 2 aromatic carbocycles. The predicted molar refractivity (Wildman–Crippen MR) is 132 cm³/mol. The van der Waals surface area contributed by atoms with Gasteiger partial charge in [-0.3, -0.25) is 4.79 Å². The van der Waals surface area contributed by atoms with Gasteiger partial charge in [-0.15, -0.1) is 0 Å². The van der Waals surface area contributed by atoms with Crippen molar-refractivity contribution in [1.29, 1.82) is 0 Å². The van der Waals surface area contributed by atoms with Gasteiger partial charge in [-0.1, -0.05) is 36.4 Å². The van der Waals surface area contributed by atoms with Gasteiger partial charge in [0.2, 0.25) is 0 Å². The fraction of sp³-hybridized carbons (Fsp3) is 0.192. The Kier molecular flexibility index (Phi) is 5.63. The summed E-state index contributed by atoms with van der Waals surface area (Å²) in [7, 11) is 0. The van der Waals surface area contributed by atoms with Gasteiger partial charge < -0.3 is 5.32 Å². The molecule has 0 saturated heterocycles. The molecule has 0 unspecified atom stereocenters. The molecule has 3 heterocycles. The monoisotopic (exact) mass is 451 g/mol. The maximum Gasteiger partial charge on any atom is 0.256 e. The lowest BCUT2D eigenvalue weighted by atomic mass is 10.0. The normalized spacial score (nSPS) is 11.3. The zero-order chi connectivity index (χ0) is 23.7. The summed E-state index contributed by atoms with van der Waals surface area (Å²) >= 11 is 0. The molecule has 0 fully saturated rings. The third kappa shape index (κ3) is 4.17. The van der Waals surface area contributed by atoms with Crippen molar-refractivity contribution in [3.8, 4) is 11.3 Å². The summed E-state index contributed by atoms with van der Waals surface area (Å²) in [6, 6.07) is 17.7. The Morgan fingerprint density at radius 1 is 1.06 bits per heavy atom. The van der Waals surface area contributed by atoms with Crippen LogP contribution in [0.25, 0.3) is 22.3 Å². The Morgan fingerprint density at radius 2 is 1.91 bits per heavy atom. The Balaban J connectivity index is 1.54. The lowest BCUT2D eigenvalue weighted by Gasteiger charge is -2.12. The number of aromatic nitrogens is 6. The van der Waals surface area contributed by atoms with Crippen LogP contribution in [0.4, 0.5) is 5.69 Å². The topological polar surface area (TPSA) is 90.5 Å². The largest absolute Gasteiger partial charge is 0.322 e. The van der Waals surface area contributed by atoms with E-state index in [1.165, 1.54) is 6.33 Å². The Labute approximate surface area is 197 Å². The summed E-state index contributed by atoms with van der Waals surface area (Å²) < 4.78 is 3.59. The minimum atomic E-state index is -0.205. The van der Waals surface area contributed by atoms with Crippen LogP contribution in [-0.2, 0) is 6.54 Å². The molecule has 0 saturated carbocycles. The summed E-state index contributed by atoms with van der Waals surface area (Å²) in [5, 5.41) is 12.4. The fourth-order valence-corrected chi connectivity index (χ4v) is 4.03. The summed E-state index contributed by atoms with van der Waals surface area (Å²) in [5.41, 5.74) is 5.79. The molecule has 1 N–H and O–H groups in total. The van der Waals surface area contributed by atoms with E-state index in [2.05, 4.69) is 34.3 Å². The number of hydrogen-bond acceptors (Lipinski definition) is 5. The van der Waals surface area contributed by atoms with Crippen LogP contribution < -0.4 is 5.32 Å². The van der Waals surface area contributed by atoms with Crippen molar-refractivity contribution in [2.24, 2.45) is 0 Å². The molecule has 1 amide bonds. The van der Waals surface area contributed by atoms with Crippen molar-refractivity contribution in [1.82, 2.24) is 29.5 Å². The van der Waals surface area contributed by atoms with Crippen LogP contribution in [0, 0.1) is 6.92 Å². The van der Waals surface area contributed by atoms with Gasteiger partial charge in [0, 0.05) is 17.3 Å². The number of nitrogens with zero attached hydrogens (tertiary/aromatic N) is 6. The summed E-state index contributed by atoms with van der Waals surface area (Å²) in [4.78, 5) is 22.4. The minimum absolute atomic E-state index is 0.112. The number of carbonyl (C=O) groups excluding carboxylic acids is 1. The van der Waals surface area contributed by atoms with E-state index in [9.17, 15) is 4.79 Å². The van der Waals surface area contributed by atoms with Gasteiger partial charge >= 0.3 is 0 Å². The number of anilines is 1. The zero-order valence-electron chi connectivity index (χ0n) is 19.3. The Hall–Kier alpha value is -4.33. The van der Waals surface area contributed by atoms with Gasteiger partial charge in [0.05, 0.1) is 29.4 Å². The van der Waals surface area contributed by atoms with Crippen LogP contribution in [0.1, 0.15) is 41.4 Å². The van der Waals surface area contributed by atoms with Gasteiger partial charge in [0.25, 0.3) is 5.91 Å². The van der Waals surface area contributed by atoms with Crippen LogP contribution in [0.15, 0.2) is 73.4 Å². The number of pyridine rings is 1. The lowest BCUT2D eigenvalue weighted by molar-refractivity contribution is 0.102. The second-order valence-electron chi connectivity index (χ2n) is 8.54. The highest BCUT2D eigenvalue weighted by Crippen LogP contribution is 2.28. The van der Waals surface area contributed by atoms with Gasteiger partial charge in [-0.25, -0.2) is 19.3 Å². The molecular formula is C26H25N7O. The number of rotatable bonds is 6. The molecule has 0 radical (unpaired) electrons. The first-order chi connectivity index (χ1) is 16.5. The molecular weight excluding hydrogens is 426 g/mol. The van der Waals surface area contributed by atoms with Crippen molar-refractivity contribution in [2.45, 2.75) is 33.4 Å². The first-order valence-electron chi connectivity index (χ1n) is 11.2. The van der Waals surface area contributed by atoms with Crippen LogP contribution in [0.5, 0.6) is 0 Å². The highest BCUT2D eigenvalue weighted by Gasteiger charge is 2.19. The number of amides is 1. The summed E-state index contributed by atoms with van der Waals surface area (Å²) in [5.74, 6) is -0.205. The Bertz CT molecular complexity index is 1470. The second kappa shape index (κ2) is 8.90. The van der Waals surface area contributed by atoms with Crippen LogP contribution in [0.3, 0.4) is 0 Å². The van der Waals surface area contributed by atoms with Crippen molar-refractivity contribution in [2.75, 3.05) is 5.32 Å². The highest BCUT2D eigenvalue weighted by molar-refractivity contribution is 6.12. The van der Waals surface area contributed by atoms with Crippen molar-refractivity contribution in [3.05, 3.63) is 90.1 Å². The molecule has 0 bridgehead atoms. The zero-order valence-corrected chi connectivity index (χ0v) is 19.3. The van der Waals surface area contributed by atoms with Crippen LogP contribution in [0.2, 0.25) is 0 Å². The highest BCUT2D eigenvalue weighted by atomic mass is 16.1. The summed E-state index contributed by atoms with van der Waals surface area (Å²) in [6.07, 6.45) is 4.89. The predicted octanol–water partition coefficient (Wildman–Crippen LogP) is 4.88. The van der Waals surface area contributed by atoms with Crippen molar-refractivity contribution < 1.29 is 4.79 Å². The average molecular weight is 452 g/mol. The fourth-order valence-electron chi connectivity index (χ4n) is 4.03. The van der Waals surface area contributed by atoms with E-state index in [0.29, 0.717) is 23.4 Å². The number of aryl methyl sites for hydroxylation is 1. The van der Waals surface area contributed by atoms with E-state index in [1.807, 2.05) is 66.2 Å². The van der Waals surface area contributed by atoms with E-state index in [-0.39, 0.29) is 11.9 Å². The average Bonchev–Trinajstić information content (AvgIpc) is 3.49. The standard InChI is InChI=1S/C26H25N7O/c1-17(2)33-25-23(13-28-33)22(12-24(31-25)21-10-5-4-7-18(21)3)26(34)30-20-9-6-8-19(11-20)14-32-16-27-15-29-32/h4-13,15-17H,14H2,1-3H3,(H,30,34). The number of nitrogens with one attached hydrogen (secondary N) is 1. The molecule has 0 aliphatic rings. The maximum atomic E-state index is 13.5. The van der Waals surface area contributed by atoms with Crippen LogP contribution in [-0.4, -0.2) is 35.4 Å². The smallest absolute Gasteiger partial charge is 0.256 e. The van der Waals surface area contributed by atoms with E-state index >= 15 is 0 Å². The van der Waals surface area contributed by atoms with Gasteiger partial charge in [-0.2, -0.15) is 10.2 Å². The summed E-state index contributed by atoms with van der Waals surface area (Å²) in [6.45, 7) is 6.72. The second-order valence-corrected chi connectivity index (χ2v) is 8.54. The molecule has 3 aromatic heterocycles. The maximum absolute atomic E-state index is 13.5. The van der Waals surface area contributed by atoms with Crippen molar-refractivity contribution in [3.63, 3.8) is 0 Å². The SMILES string of the molecule is Cc1ccccc1-c1cc(C(=O)Nc2cccc(Cn3cncn3)c2)c2cnn(C(C)C)c2n1. The third-order valence-corrected chi connectivity index (χ3v) is 5.72. The van der Waals surface area contributed by atoms with Crippen molar-refractivity contribution >= 4 is 22.6 Å². The first kappa shape index (κ1) is 21.5. The quantitative estimate of drug-likeness (QED) is 0.397. The van der Waals surface area contributed by atoms with E-state index in [1.54, 1.807) is 17.2 Å². The molecule has 34 heavy (non-hydrogen) atoms. The number of fused-ring (bicyclic) bond motifs is 1. The molecule has 8 heteroatoms. The van der Waals surface area contributed by atoms with Gasteiger partial charge in [0.15, 0.2) is 5.65 Å². The minimum Gasteiger partial charge on any atom is -0.322 e. The molecule has 5 aromatic rings. The number of benzene rings is 2. The van der Waals surface area contributed by atoms with E-state index in [4.69, 9.17) is 4.98 Å². The molecule has 0 atom stereocenters. The Morgan fingerprint density at radius 3 is 2.68 bits per heavy atom.